The number of ether oxygens (including phenoxy) is 1. The van der Waals surface area contributed by atoms with Gasteiger partial charge in [0.05, 0.1) is 0 Å². The molecule has 112 valence electrons. The van der Waals surface area contributed by atoms with Gasteiger partial charge >= 0.3 is 0 Å². The number of aromatic nitrogens is 2. The summed E-state index contributed by atoms with van der Waals surface area (Å²) in [5.41, 5.74) is -0.217. The number of rotatable bonds is 5. The average Bonchev–Trinajstić information content (AvgIpc) is 2.89. The third-order valence-electron chi connectivity index (χ3n) is 2.69. The van der Waals surface area contributed by atoms with Crippen LogP contribution in [0.25, 0.3) is 0 Å². The fourth-order valence-electron chi connectivity index (χ4n) is 1.76. The maximum Gasteiger partial charge on any atom is 0.266 e. The number of benzene rings is 1. The van der Waals surface area contributed by atoms with Gasteiger partial charge in [-0.25, -0.2) is 12.9 Å². The minimum Gasteiger partial charge on any atom is -0.472 e. The number of hydrogen-bond donors (Lipinski definition) is 2. The molecule has 0 radical (unpaired) electrons. The quantitative estimate of drug-likeness (QED) is 0.653. The Morgan fingerprint density at radius 1 is 1.48 bits per heavy atom. The van der Waals surface area contributed by atoms with Gasteiger partial charge in [0.2, 0.25) is 5.88 Å². The van der Waals surface area contributed by atoms with Crippen molar-refractivity contribution in [3.63, 3.8) is 0 Å². The van der Waals surface area contributed by atoms with Crippen molar-refractivity contribution in [3.8, 4) is 5.88 Å². The predicted octanol–water partition coefficient (Wildman–Crippen LogP) is 2.98. The summed E-state index contributed by atoms with van der Waals surface area (Å²) in [7, 11) is 0. The summed E-state index contributed by atoms with van der Waals surface area (Å²) in [4.78, 5) is 13.5. The smallest absolute Gasteiger partial charge is 0.266 e. The highest BCUT2D eigenvalue weighted by molar-refractivity contribution is 7.78. The Hall–Kier alpha value is -1.80. The van der Waals surface area contributed by atoms with Crippen molar-refractivity contribution in [2.75, 3.05) is 0 Å². The van der Waals surface area contributed by atoms with Crippen LogP contribution in [0.1, 0.15) is 27.9 Å². The SMILES string of the molecule is O=C(NCl)c1cccc(C(F)F)c1COc1ccn(S)n1. The molecule has 5 nitrogen and oxygen atoms in total. The highest BCUT2D eigenvalue weighted by Gasteiger charge is 2.20. The Morgan fingerprint density at radius 3 is 2.81 bits per heavy atom. The van der Waals surface area contributed by atoms with Crippen LogP contribution in [0.5, 0.6) is 5.88 Å². The molecule has 0 aliphatic carbocycles. The van der Waals surface area contributed by atoms with Crippen molar-refractivity contribution in [2.45, 2.75) is 13.0 Å². The normalized spacial score (nSPS) is 10.7. The number of thiol groups is 1. The van der Waals surface area contributed by atoms with Crippen LogP contribution in [0.2, 0.25) is 0 Å². The number of carbonyl (C=O) groups is 1. The summed E-state index contributed by atoms with van der Waals surface area (Å²) in [6.45, 7) is -0.245. The molecule has 0 saturated heterocycles. The number of nitrogens with zero attached hydrogens (tertiary/aromatic N) is 2. The molecule has 21 heavy (non-hydrogen) atoms. The second kappa shape index (κ2) is 6.77. The van der Waals surface area contributed by atoms with Crippen LogP contribution in [-0.2, 0) is 6.61 Å². The van der Waals surface area contributed by atoms with E-state index in [1.807, 2.05) is 4.84 Å². The lowest BCUT2D eigenvalue weighted by molar-refractivity contribution is 0.0978. The highest BCUT2D eigenvalue weighted by atomic mass is 35.5. The predicted molar refractivity (Wildman–Crippen MR) is 75.7 cm³/mol. The summed E-state index contributed by atoms with van der Waals surface area (Å²) in [5, 5.41) is 3.84. The molecule has 0 aliphatic rings. The second-order valence-corrected chi connectivity index (χ2v) is 4.56. The molecular formula is C12H10ClF2N3O2S. The van der Waals surface area contributed by atoms with E-state index in [0.29, 0.717) is 0 Å². The molecule has 0 bridgehead atoms. The number of amides is 1. The largest absolute Gasteiger partial charge is 0.472 e. The molecule has 1 heterocycles. The lowest BCUT2D eigenvalue weighted by Crippen LogP contribution is -2.17. The Morgan fingerprint density at radius 2 is 2.24 bits per heavy atom. The summed E-state index contributed by atoms with van der Waals surface area (Å²) in [6, 6.07) is 5.49. The van der Waals surface area contributed by atoms with Crippen molar-refractivity contribution >= 4 is 30.5 Å². The Labute approximate surface area is 129 Å². The lowest BCUT2D eigenvalue weighted by atomic mass is 10.0. The maximum absolute atomic E-state index is 13.1. The van der Waals surface area contributed by atoms with Crippen molar-refractivity contribution in [1.82, 2.24) is 14.0 Å². The Kier molecular flexibility index (Phi) is 5.03. The van der Waals surface area contributed by atoms with Gasteiger partial charge in [0.15, 0.2) is 0 Å². The first-order valence-corrected chi connectivity index (χ1v) is 6.49. The molecule has 1 amide bonds. The highest BCUT2D eigenvalue weighted by Crippen LogP contribution is 2.27. The fraction of sp³-hybridized carbons (Fsp3) is 0.167. The van der Waals surface area contributed by atoms with Crippen molar-refractivity contribution < 1.29 is 18.3 Å². The maximum atomic E-state index is 13.1. The minimum atomic E-state index is -2.74. The zero-order valence-corrected chi connectivity index (χ0v) is 12.1. The van der Waals surface area contributed by atoms with E-state index in [1.54, 1.807) is 0 Å². The number of halogens is 3. The van der Waals surface area contributed by atoms with Gasteiger partial charge in [0.1, 0.15) is 6.61 Å². The first-order valence-electron chi connectivity index (χ1n) is 5.71. The monoisotopic (exact) mass is 333 g/mol. The molecule has 0 unspecified atom stereocenters. The Balaban J connectivity index is 2.32. The molecule has 1 aromatic carbocycles. The van der Waals surface area contributed by atoms with Crippen molar-refractivity contribution in [2.24, 2.45) is 0 Å². The van der Waals surface area contributed by atoms with Crippen LogP contribution in [0.15, 0.2) is 30.5 Å². The summed E-state index contributed by atoms with van der Waals surface area (Å²) in [6.07, 6.45) is -1.22. The first-order chi connectivity index (χ1) is 10.0. The van der Waals surface area contributed by atoms with Crippen LogP contribution in [0, 0.1) is 0 Å². The second-order valence-electron chi connectivity index (χ2n) is 3.96. The number of nitrogens with one attached hydrogen (secondary N) is 1. The van der Waals surface area contributed by atoms with Crippen molar-refractivity contribution in [1.29, 1.82) is 0 Å². The van der Waals surface area contributed by atoms with Crippen molar-refractivity contribution in [3.05, 3.63) is 47.2 Å². The van der Waals surface area contributed by atoms with E-state index in [9.17, 15) is 13.6 Å². The van der Waals surface area contributed by atoms with Crippen LogP contribution in [-0.4, -0.2) is 15.1 Å². The Bertz CT molecular complexity index is 651. The molecule has 1 aromatic heterocycles. The lowest BCUT2D eigenvalue weighted by Gasteiger charge is -2.13. The molecule has 2 rings (SSSR count). The van der Waals surface area contributed by atoms with Gasteiger partial charge in [-0.2, -0.15) is 0 Å². The van der Waals surface area contributed by atoms with Gasteiger partial charge in [-0.1, -0.05) is 12.1 Å². The summed E-state index contributed by atoms with van der Waals surface area (Å²) >= 11 is 9.19. The van der Waals surface area contributed by atoms with E-state index in [1.165, 1.54) is 34.5 Å². The van der Waals surface area contributed by atoms with E-state index >= 15 is 0 Å². The van der Waals surface area contributed by atoms with E-state index in [4.69, 9.17) is 16.5 Å². The number of carbonyl (C=O) groups excluding carboxylic acids is 1. The molecule has 0 aliphatic heterocycles. The molecule has 2 aromatic rings. The van der Waals surface area contributed by atoms with Gasteiger partial charge in [-0.15, -0.1) is 5.10 Å². The third-order valence-corrected chi connectivity index (χ3v) is 3.09. The third kappa shape index (κ3) is 3.64. The van der Waals surface area contributed by atoms with Crippen LogP contribution in [0.4, 0.5) is 8.78 Å². The number of hydrogen-bond acceptors (Lipinski definition) is 4. The molecule has 0 saturated carbocycles. The molecule has 1 N–H and O–H groups in total. The van der Waals surface area contributed by atoms with Gasteiger partial charge in [-0.05, 0) is 18.9 Å². The molecule has 9 heteroatoms. The zero-order chi connectivity index (χ0) is 15.4. The van der Waals surface area contributed by atoms with Gasteiger partial charge in [0, 0.05) is 40.7 Å². The fourth-order valence-corrected chi connectivity index (χ4v) is 2.01. The van der Waals surface area contributed by atoms with Crippen LogP contribution < -0.4 is 9.57 Å². The van der Waals surface area contributed by atoms with Crippen LogP contribution >= 0.6 is 24.6 Å². The van der Waals surface area contributed by atoms with Gasteiger partial charge < -0.3 is 4.74 Å². The van der Waals surface area contributed by atoms with E-state index in [0.717, 1.165) is 0 Å². The van der Waals surface area contributed by atoms with Crippen LogP contribution in [0.3, 0.4) is 0 Å². The van der Waals surface area contributed by atoms with E-state index in [2.05, 4.69) is 17.9 Å². The zero-order valence-electron chi connectivity index (χ0n) is 10.5. The van der Waals surface area contributed by atoms with E-state index in [-0.39, 0.29) is 29.2 Å². The van der Waals surface area contributed by atoms with E-state index < -0.39 is 12.3 Å². The summed E-state index contributed by atoms with van der Waals surface area (Å²) < 4.78 is 32.6. The topological polar surface area (TPSA) is 56.1 Å². The average molecular weight is 334 g/mol. The standard InChI is InChI=1S/C12H10ClF2N3O2S/c13-16-12(19)8-3-1-2-7(11(14)15)9(8)6-20-10-4-5-18(21)17-10/h1-5,11,21H,6H2,(H,16,19). The van der Waals surface area contributed by atoms with Gasteiger partial charge in [-0.3, -0.25) is 9.63 Å². The first kappa shape index (κ1) is 15.6. The molecule has 0 spiro atoms. The molecular weight excluding hydrogens is 324 g/mol. The molecule has 0 fully saturated rings. The molecule has 0 atom stereocenters. The number of alkyl halides is 2. The minimum absolute atomic E-state index is 0.0214. The summed E-state index contributed by atoms with van der Waals surface area (Å²) in [5.74, 6) is -0.483. The van der Waals surface area contributed by atoms with Gasteiger partial charge in [0.25, 0.3) is 12.3 Å².